The first-order valence-corrected chi connectivity index (χ1v) is 4.68. The minimum atomic E-state index is 1.07. The molecule has 1 saturated heterocycles. The van der Waals surface area contributed by atoms with Crippen LogP contribution in [0, 0.1) is 0 Å². The lowest BCUT2D eigenvalue weighted by Crippen LogP contribution is -2.24. The topological polar surface area (TPSA) is 24.8 Å². The van der Waals surface area contributed by atoms with Gasteiger partial charge in [-0.2, -0.15) is 0 Å². The third-order valence-electron chi connectivity index (χ3n) is 2.32. The Morgan fingerprint density at radius 3 is 2.92 bits per heavy atom. The van der Waals surface area contributed by atoms with Crippen LogP contribution in [-0.2, 0) is 4.84 Å². The van der Waals surface area contributed by atoms with Crippen molar-refractivity contribution in [1.29, 1.82) is 0 Å². The Hall–Kier alpha value is -0.570. The minimum absolute atomic E-state index is 1.07. The number of hydrogen-bond donors (Lipinski definition) is 0. The van der Waals surface area contributed by atoms with E-state index >= 15 is 0 Å². The maximum absolute atomic E-state index is 4.78. The third kappa shape index (κ3) is 2.81. The second-order valence-electron chi connectivity index (χ2n) is 3.13. The van der Waals surface area contributed by atoms with Gasteiger partial charge < -0.3 is 9.74 Å². The third-order valence-corrected chi connectivity index (χ3v) is 2.32. The number of rotatable bonds is 2. The Morgan fingerprint density at radius 2 is 2.25 bits per heavy atom. The zero-order chi connectivity index (χ0) is 8.81. The smallest absolute Gasteiger partial charge is 0.106 e. The number of likely N-dealkylation sites (tertiary alicyclic amines) is 1. The van der Waals surface area contributed by atoms with Crippen LogP contribution in [0.5, 0.6) is 0 Å². The lowest BCUT2D eigenvalue weighted by Gasteiger charge is -2.15. The van der Waals surface area contributed by atoms with Crippen LogP contribution in [0.15, 0.2) is 5.16 Å². The van der Waals surface area contributed by atoms with Crippen molar-refractivity contribution in [1.82, 2.24) is 4.90 Å². The summed E-state index contributed by atoms with van der Waals surface area (Å²) in [5.74, 6) is 0. The summed E-state index contributed by atoms with van der Waals surface area (Å²) in [5, 5.41) is 4.00. The highest BCUT2D eigenvalue weighted by Gasteiger charge is 2.11. The number of hydrogen-bond acceptors (Lipinski definition) is 3. The summed E-state index contributed by atoms with van der Waals surface area (Å²) < 4.78 is 0. The summed E-state index contributed by atoms with van der Waals surface area (Å²) in [4.78, 5) is 7.23. The summed E-state index contributed by atoms with van der Waals surface area (Å²) in [5.41, 5.74) is 1.22. The molecule has 0 aromatic carbocycles. The highest BCUT2D eigenvalue weighted by molar-refractivity contribution is 5.84. The molecule has 3 heteroatoms. The van der Waals surface area contributed by atoms with Crippen LogP contribution in [-0.4, -0.2) is 37.4 Å². The van der Waals surface area contributed by atoms with Gasteiger partial charge in [-0.05, 0) is 25.9 Å². The summed E-state index contributed by atoms with van der Waals surface area (Å²) in [6.45, 7) is 5.71. The van der Waals surface area contributed by atoms with E-state index < -0.39 is 0 Å². The molecular weight excluding hydrogens is 152 g/mol. The van der Waals surface area contributed by atoms with Gasteiger partial charge >= 0.3 is 0 Å². The maximum Gasteiger partial charge on any atom is 0.106 e. The van der Waals surface area contributed by atoms with E-state index in [-0.39, 0.29) is 0 Å². The maximum atomic E-state index is 4.78. The molecule has 1 aliphatic rings. The van der Waals surface area contributed by atoms with E-state index in [0.717, 1.165) is 25.9 Å². The lowest BCUT2D eigenvalue weighted by atomic mass is 10.2. The molecule has 70 valence electrons. The second kappa shape index (κ2) is 5.14. The molecule has 3 nitrogen and oxygen atoms in total. The Labute approximate surface area is 74.4 Å². The van der Waals surface area contributed by atoms with Gasteiger partial charge in [0, 0.05) is 13.0 Å². The predicted octanol–water partition coefficient (Wildman–Crippen LogP) is 1.49. The van der Waals surface area contributed by atoms with Crippen LogP contribution in [0.2, 0.25) is 0 Å². The summed E-state index contributed by atoms with van der Waals surface area (Å²) in [6.07, 6.45) is 3.39. The minimum Gasteiger partial charge on any atom is -0.399 e. The van der Waals surface area contributed by atoms with Crippen molar-refractivity contribution in [3.8, 4) is 0 Å². The highest BCUT2D eigenvalue weighted by Crippen LogP contribution is 2.07. The Bertz CT molecular complexity index is 157. The number of nitrogens with zero attached hydrogens (tertiary/aromatic N) is 2. The van der Waals surface area contributed by atoms with Gasteiger partial charge in [-0.15, -0.1) is 0 Å². The fourth-order valence-corrected chi connectivity index (χ4v) is 1.57. The van der Waals surface area contributed by atoms with E-state index in [0.29, 0.717) is 0 Å². The molecular formula is C9H18N2O. The van der Waals surface area contributed by atoms with Gasteiger partial charge in [0.15, 0.2) is 0 Å². The summed E-state index contributed by atoms with van der Waals surface area (Å²) in [7, 11) is 1.62. The summed E-state index contributed by atoms with van der Waals surface area (Å²) in [6, 6.07) is 0. The zero-order valence-corrected chi connectivity index (χ0v) is 8.05. The van der Waals surface area contributed by atoms with Gasteiger partial charge in [-0.3, -0.25) is 0 Å². The first-order chi connectivity index (χ1) is 5.86. The Kier molecular flexibility index (Phi) is 4.08. The average molecular weight is 170 g/mol. The average Bonchev–Trinajstić information content (AvgIpc) is 2.31. The van der Waals surface area contributed by atoms with Crippen LogP contribution in [0.1, 0.15) is 26.2 Å². The van der Waals surface area contributed by atoms with Crippen molar-refractivity contribution in [2.24, 2.45) is 5.16 Å². The van der Waals surface area contributed by atoms with E-state index in [1.807, 2.05) is 0 Å². The largest absolute Gasteiger partial charge is 0.399 e. The standard InChI is InChI=1S/C9H18N2O/c1-3-11-7-4-5-9(6-8-11)10-12-2/h3-8H2,1-2H3/b10-9-. The molecule has 0 bridgehead atoms. The van der Waals surface area contributed by atoms with Crippen molar-refractivity contribution in [3.63, 3.8) is 0 Å². The van der Waals surface area contributed by atoms with Gasteiger partial charge in [-0.1, -0.05) is 12.1 Å². The molecule has 1 rings (SSSR count). The second-order valence-corrected chi connectivity index (χ2v) is 3.13. The predicted molar refractivity (Wildman–Crippen MR) is 50.4 cm³/mol. The molecule has 1 aliphatic heterocycles. The molecule has 0 aliphatic carbocycles. The van der Waals surface area contributed by atoms with Crippen LogP contribution >= 0.6 is 0 Å². The zero-order valence-electron chi connectivity index (χ0n) is 8.05. The van der Waals surface area contributed by atoms with Gasteiger partial charge in [0.2, 0.25) is 0 Å². The van der Waals surface area contributed by atoms with Crippen LogP contribution < -0.4 is 0 Å². The van der Waals surface area contributed by atoms with Crippen molar-refractivity contribution in [2.75, 3.05) is 26.7 Å². The Balaban J connectivity index is 2.39. The van der Waals surface area contributed by atoms with Crippen LogP contribution in [0.25, 0.3) is 0 Å². The van der Waals surface area contributed by atoms with Crippen molar-refractivity contribution >= 4 is 5.71 Å². The molecule has 0 saturated carbocycles. The molecule has 1 heterocycles. The molecule has 12 heavy (non-hydrogen) atoms. The molecule has 0 unspecified atom stereocenters. The van der Waals surface area contributed by atoms with Crippen molar-refractivity contribution < 1.29 is 4.84 Å². The molecule has 0 N–H and O–H groups in total. The quantitative estimate of drug-likeness (QED) is 0.587. The molecule has 0 atom stereocenters. The molecule has 0 radical (unpaired) electrons. The summed E-state index contributed by atoms with van der Waals surface area (Å²) >= 11 is 0. The van der Waals surface area contributed by atoms with E-state index in [1.54, 1.807) is 7.11 Å². The van der Waals surface area contributed by atoms with E-state index in [1.165, 1.54) is 18.7 Å². The molecule has 0 aromatic rings. The molecule has 0 spiro atoms. The van der Waals surface area contributed by atoms with Gasteiger partial charge in [0.25, 0.3) is 0 Å². The van der Waals surface area contributed by atoms with Crippen molar-refractivity contribution in [3.05, 3.63) is 0 Å². The van der Waals surface area contributed by atoms with E-state index in [2.05, 4.69) is 17.0 Å². The fraction of sp³-hybridized carbons (Fsp3) is 0.889. The molecule has 0 aromatic heterocycles. The normalized spacial score (nSPS) is 24.0. The highest BCUT2D eigenvalue weighted by atomic mass is 16.6. The first-order valence-electron chi connectivity index (χ1n) is 4.68. The monoisotopic (exact) mass is 170 g/mol. The van der Waals surface area contributed by atoms with E-state index in [4.69, 9.17) is 4.84 Å². The lowest BCUT2D eigenvalue weighted by molar-refractivity contribution is 0.211. The number of oxime groups is 1. The van der Waals surface area contributed by atoms with Crippen molar-refractivity contribution in [2.45, 2.75) is 26.2 Å². The Morgan fingerprint density at radius 1 is 1.42 bits per heavy atom. The van der Waals surface area contributed by atoms with Gasteiger partial charge in [0.05, 0.1) is 5.71 Å². The fourth-order valence-electron chi connectivity index (χ4n) is 1.57. The van der Waals surface area contributed by atoms with Gasteiger partial charge in [-0.25, -0.2) is 0 Å². The van der Waals surface area contributed by atoms with Crippen LogP contribution in [0.3, 0.4) is 0 Å². The van der Waals surface area contributed by atoms with Crippen LogP contribution in [0.4, 0.5) is 0 Å². The molecule has 1 fully saturated rings. The molecule has 0 amide bonds. The SMILES string of the molecule is CCN1CCC/C(=N/OC)CC1. The van der Waals surface area contributed by atoms with Gasteiger partial charge in [0.1, 0.15) is 7.11 Å². The first kappa shape index (κ1) is 9.52. The van der Waals surface area contributed by atoms with E-state index in [9.17, 15) is 0 Å².